The molecule has 0 bridgehead atoms. The van der Waals surface area contributed by atoms with Gasteiger partial charge in [0.05, 0.1) is 12.1 Å². The number of alkyl carbamates (subject to hydrolysis) is 1. The van der Waals surface area contributed by atoms with Crippen LogP contribution in [0.25, 0.3) is 0 Å². The van der Waals surface area contributed by atoms with Crippen molar-refractivity contribution in [3.8, 4) is 0 Å². The van der Waals surface area contributed by atoms with E-state index < -0.39 is 11.6 Å². The van der Waals surface area contributed by atoms with E-state index in [0.717, 1.165) is 18.4 Å². The molecule has 116 valence electrons. The lowest BCUT2D eigenvalue weighted by molar-refractivity contribution is 0.0744. The standard InChI is InChI=1S/C17H25NO3/c1-17(13-19,15-10-6-3-7-11-15)18-16(20)21-12-14-8-4-2-5-9-14/h2,4-5,8-9,15,19H,3,6-7,10-13H2,1H3,(H,18,20). The summed E-state index contributed by atoms with van der Waals surface area (Å²) >= 11 is 0. The van der Waals surface area contributed by atoms with Crippen molar-refractivity contribution in [2.24, 2.45) is 5.92 Å². The van der Waals surface area contributed by atoms with Gasteiger partial charge in [0.2, 0.25) is 0 Å². The predicted molar refractivity (Wildman–Crippen MR) is 81.8 cm³/mol. The number of nitrogens with one attached hydrogen (secondary N) is 1. The van der Waals surface area contributed by atoms with Crippen LogP contribution in [-0.2, 0) is 11.3 Å². The zero-order chi connectivity index (χ0) is 15.1. The number of amides is 1. The van der Waals surface area contributed by atoms with Crippen LogP contribution in [0, 0.1) is 5.92 Å². The molecule has 1 unspecified atom stereocenters. The SMILES string of the molecule is CC(CO)(NC(=O)OCc1ccccc1)C1CCCCC1. The average molecular weight is 291 g/mol. The van der Waals surface area contributed by atoms with Crippen molar-refractivity contribution in [1.82, 2.24) is 5.32 Å². The average Bonchev–Trinajstić information content (AvgIpc) is 2.54. The summed E-state index contributed by atoms with van der Waals surface area (Å²) in [4.78, 5) is 12.0. The first-order chi connectivity index (χ1) is 10.1. The van der Waals surface area contributed by atoms with Crippen LogP contribution in [0.2, 0.25) is 0 Å². The summed E-state index contributed by atoms with van der Waals surface area (Å²) in [5, 5.41) is 12.6. The Balaban J connectivity index is 1.86. The molecule has 1 atom stereocenters. The first-order valence-electron chi connectivity index (χ1n) is 7.74. The van der Waals surface area contributed by atoms with Gasteiger partial charge in [0.15, 0.2) is 0 Å². The molecule has 0 heterocycles. The number of ether oxygens (including phenoxy) is 1. The molecule has 0 saturated heterocycles. The molecule has 4 nitrogen and oxygen atoms in total. The van der Waals surface area contributed by atoms with E-state index in [4.69, 9.17) is 4.74 Å². The van der Waals surface area contributed by atoms with Crippen molar-refractivity contribution >= 4 is 6.09 Å². The second kappa shape index (κ2) is 7.46. The Morgan fingerprint density at radius 3 is 2.57 bits per heavy atom. The number of carbonyl (C=O) groups is 1. The molecular formula is C17H25NO3. The first kappa shape index (κ1) is 15.8. The van der Waals surface area contributed by atoms with Gasteiger partial charge in [-0.15, -0.1) is 0 Å². The van der Waals surface area contributed by atoms with Crippen LogP contribution >= 0.6 is 0 Å². The Kier molecular flexibility index (Phi) is 5.62. The zero-order valence-corrected chi connectivity index (χ0v) is 12.7. The molecule has 1 fully saturated rings. The van der Waals surface area contributed by atoms with E-state index in [9.17, 15) is 9.90 Å². The van der Waals surface area contributed by atoms with Gasteiger partial charge in [-0.3, -0.25) is 0 Å². The van der Waals surface area contributed by atoms with Crippen molar-refractivity contribution < 1.29 is 14.6 Å². The molecule has 21 heavy (non-hydrogen) atoms. The minimum absolute atomic E-state index is 0.0574. The summed E-state index contributed by atoms with van der Waals surface area (Å²) in [7, 11) is 0. The Hall–Kier alpha value is -1.55. The maximum atomic E-state index is 12.0. The van der Waals surface area contributed by atoms with Gasteiger partial charge in [0.25, 0.3) is 0 Å². The largest absolute Gasteiger partial charge is 0.445 e. The van der Waals surface area contributed by atoms with Gasteiger partial charge in [-0.1, -0.05) is 49.6 Å². The van der Waals surface area contributed by atoms with Crippen LogP contribution in [0.15, 0.2) is 30.3 Å². The predicted octanol–water partition coefficient (Wildman–Crippen LogP) is 3.24. The van der Waals surface area contributed by atoms with Crippen molar-refractivity contribution in [3.05, 3.63) is 35.9 Å². The monoisotopic (exact) mass is 291 g/mol. The quantitative estimate of drug-likeness (QED) is 0.875. The number of carbonyl (C=O) groups excluding carboxylic acids is 1. The summed E-state index contributed by atoms with van der Waals surface area (Å²) < 4.78 is 5.26. The number of aliphatic hydroxyl groups is 1. The molecule has 1 aliphatic rings. The summed E-state index contributed by atoms with van der Waals surface area (Å²) in [5.74, 6) is 0.320. The van der Waals surface area contributed by atoms with Crippen LogP contribution < -0.4 is 5.32 Å². The second-order valence-corrected chi connectivity index (χ2v) is 6.10. The third-order valence-corrected chi connectivity index (χ3v) is 4.44. The molecule has 0 spiro atoms. The minimum atomic E-state index is -0.589. The van der Waals surface area contributed by atoms with Crippen molar-refractivity contribution in [2.45, 2.75) is 51.2 Å². The van der Waals surface area contributed by atoms with Crippen LogP contribution in [-0.4, -0.2) is 23.3 Å². The number of hydrogen-bond acceptors (Lipinski definition) is 3. The molecule has 1 aromatic rings. The van der Waals surface area contributed by atoms with E-state index in [0.29, 0.717) is 5.92 Å². The number of rotatable bonds is 5. The molecule has 0 radical (unpaired) electrons. The topological polar surface area (TPSA) is 58.6 Å². The van der Waals surface area contributed by atoms with Crippen LogP contribution in [0.1, 0.15) is 44.6 Å². The fourth-order valence-corrected chi connectivity index (χ4v) is 3.00. The summed E-state index contributed by atoms with van der Waals surface area (Å²) in [6.07, 6.45) is 5.23. The Bertz CT molecular complexity index is 443. The van der Waals surface area contributed by atoms with Gasteiger partial charge >= 0.3 is 6.09 Å². The van der Waals surface area contributed by atoms with Gasteiger partial charge in [-0.05, 0) is 31.2 Å². The molecule has 0 aromatic heterocycles. The van der Waals surface area contributed by atoms with E-state index in [1.165, 1.54) is 19.3 Å². The fourth-order valence-electron chi connectivity index (χ4n) is 3.00. The van der Waals surface area contributed by atoms with E-state index >= 15 is 0 Å². The van der Waals surface area contributed by atoms with E-state index in [-0.39, 0.29) is 13.2 Å². The maximum Gasteiger partial charge on any atom is 0.407 e. The van der Waals surface area contributed by atoms with Gasteiger partial charge in [-0.25, -0.2) is 4.79 Å². The van der Waals surface area contributed by atoms with Gasteiger partial charge in [0.1, 0.15) is 6.61 Å². The lowest BCUT2D eigenvalue weighted by Gasteiger charge is -2.38. The lowest BCUT2D eigenvalue weighted by Crippen LogP contribution is -2.54. The molecular weight excluding hydrogens is 266 g/mol. The van der Waals surface area contributed by atoms with E-state index in [1.54, 1.807) is 0 Å². The highest BCUT2D eigenvalue weighted by atomic mass is 16.5. The number of hydrogen-bond donors (Lipinski definition) is 2. The van der Waals surface area contributed by atoms with Crippen LogP contribution in [0.5, 0.6) is 0 Å². The van der Waals surface area contributed by atoms with Crippen molar-refractivity contribution in [1.29, 1.82) is 0 Å². The zero-order valence-electron chi connectivity index (χ0n) is 12.7. The Morgan fingerprint density at radius 1 is 1.29 bits per heavy atom. The lowest BCUT2D eigenvalue weighted by atomic mass is 9.76. The van der Waals surface area contributed by atoms with Crippen LogP contribution in [0.3, 0.4) is 0 Å². The molecule has 1 aromatic carbocycles. The third-order valence-electron chi connectivity index (χ3n) is 4.44. The van der Waals surface area contributed by atoms with Gasteiger partial charge < -0.3 is 15.2 Å². The highest BCUT2D eigenvalue weighted by Crippen LogP contribution is 2.32. The normalized spacial score (nSPS) is 18.8. The van der Waals surface area contributed by atoms with Crippen LogP contribution in [0.4, 0.5) is 4.79 Å². The molecule has 2 rings (SSSR count). The number of benzene rings is 1. The summed E-state index contributed by atoms with van der Waals surface area (Å²) in [6.45, 7) is 2.10. The molecule has 1 amide bonds. The van der Waals surface area contributed by atoms with Crippen molar-refractivity contribution in [3.63, 3.8) is 0 Å². The summed E-state index contributed by atoms with van der Waals surface area (Å²) in [6, 6.07) is 9.59. The summed E-state index contributed by atoms with van der Waals surface area (Å²) in [5.41, 5.74) is 0.366. The molecule has 1 aliphatic carbocycles. The minimum Gasteiger partial charge on any atom is -0.445 e. The van der Waals surface area contributed by atoms with Crippen molar-refractivity contribution in [2.75, 3.05) is 6.61 Å². The molecule has 0 aliphatic heterocycles. The highest BCUT2D eigenvalue weighted by molar-refractivity contribution is 5.68. The third kappa shape index (κ3) is 4.46. The first-order valence-corrected chi connectivity index (χ1v) is 7.74. The second-order valence-electron chi connectivity index (χ2n) is 6.10. The number of aliphatic hydroxyl groups excluding tert-OH is 1. The Morgan fingerprint density at radius 2 is 1.95 bits per heavy atom. The Labute approximate surface area is 126 Å². The maximum absolute atomic E-state index is 12.0. The highest BCUT2D eigenvalue weighted by Gasteiger charge is 2.36. The van der Waals surface area contributed by atoms with E-state index in [2.05, 4.69) is 5.32 Å². The van der Waals surface area contributed by atoms with E-state index in [1.807, 2.05) is 37.3 Å². The molecule has 4 heteroatoms. The van der Waals surface area contributed by atoms with Gasteiger partial charge in [-0.2, -0.15) is 0 Å². The van der Waals surface area contributed by atoms with Gasteiger partial charge in [0, 0.05) is 0 Å². The molecule has 1 saturated carbocycles. The smallest absolute Gasteiger partial charge is 0.407 e. The molecule has 2 N–H and O–H groups in total. The fraction of sp³-hybridized carbons (Fsp3) is 0.588.